The van der Waals surface area contributed by atoms with E-state index in [1.165, 1.54) is 0 Å². The fourth-order valence-electron chi connectivity index (χ4n) is 2.98. The molecule has 0 radical (unpaired) electrons. The molecular formula is C19H22F3N5O2. The minimum Gasteiger partial charge on any atom is -0.325 e. The lowest BCUT2D eigenvalue weighted by Crippen LogP contribution is -2.37. The van der Waals surface area contributed by atoms with Crippen molar-refractivity contribution in [1.29, 1.82) is 0 Å². The smallest absolute Gasteiger partial charge is 0.325 e. The van der Waals surface area contributed by atoms with Gasteiger partial charge < -0.3 is 10.3 Å². The third-order valence-corrected chi connectivity index (χ3v) is 4.64. The van der Waals surface area contributed by atoms with Crippen LogP contribution in [0.25, 0.3) is 0 Å². The number of carbonyl (C=O) groups excluding carboxylic acids is 1. The zero-order valence-electron chi connectivity index (χ0n) is 16.4. The molecule has 0 saturated heterocycles. The maximum atomic E-state index is 12.9. The number of alkyl halides is 3. The van der Waals surface area contributed by atoms with Gasteiger partial charge in [0.15, 0.2) is 0 Å². The quantitative estimate of drug-likeness (QED) is 0.814. The lowest BCUT2D eigenvalue weighted by Gasteiger charge is -2.28. The summed E-state index contributed by atoms with van der Waals surface area (Å²) in [6.07, 6.45) is -1.27. The summed E-state index contributed by atoms with van der Waals surface area (Å²) in [5, 5.41) is 2.88. The predicted molar refractivity (Wildman–Crippen MR) is 100.0 cm³/mol. The average molecular weight is 409 g/mol. The Hall–Kier alpha value is -2.75. The molecule has 0 spiro atoms. The summed E-state index contributed by atoms with van der Waals surface area (Å²) >= 11 is 0. The molecule has 3 rings (SSSR count). The van der Waals surface area contributed by atoms with Crippen LogP contribution in [0.15, 0.2) is 23.3 Å². The molecule has 0 fully saturated rings. The van der Waals surface area contributed by atoms with Gasteiger partial charge in [0.1, 0.15) is 0 Å². The number of rotatable bonds is 3. The second kappa shape index (κ2) is 7.58. The van der Waals surface area contributed by atoms with Gasteiger partial charge >= 0.3 is 6.18 Å². The number of hydrogen-bond donors (Lipinski definition) is 2. The number of H-pyrrole nitrogens is 1. The minimum atomic E-state index is -4.69. The third-order valence-electron chi connectivity index (χ3n) is 4.64. The van der Waals surface area contributed by atoms with Crippen molar-refractivity contribution in [3.8, 4) is 0 Å². The van der Waals surface area contributed by atoms with Gasteiger partial charge in [0.25, 0.3) is 5.56 Å². The van der Waals surface area contributed by atoms with Crippen LogP contribution in [0.5, 0.6) is 0 Å². The van der Waals surface area contributed by atoms with E-state index in [1.54, 1.807) is 39.2 Å². The first-order valence-corrected chi connectivity index (χ1v) is 9.11. The molecule has 0 saturated carbocycles. The summed E-state index contributed by atoms with van der Waals surface area (Å²) in [6, 6.07) is 1.70. The summed E-state index contributed by atoms with van der Waals surface area (Å²) in [5.41, 5.74) is 0.424. The number of hydrogen-bond acceptors (Lipinski definition) is 5. The standard InChI is InChI=1S/C19H22F3N5O2/c1-18(2,3)17(29)25-13-4-6-23-8-11(13)9-27-7-5-14-12(10-27)15(28)26-16(24-14)19(20,21)22/h4,6,8H,5,7,9-10H2,1-3H3,(H,23,25,29)(H,24,26,28). The number of halogens is 3. The van der Waals surface area contributed by atoms with Crippen molar-refractivity contribution in [3.05, 3.63) is 51.5 Å². The van der Waals surface area contributed by atoms with Gasteiger partial charge in [-0.15, -0.1) is 0 Å². The molecule has 1 aliphatic rings. The van der Waals surface area contributed by atoms with Gasteiger partial charge in [0, 0.05) is 55.1 Å². The third kappa shape index (κ3) is 4.81. The molecule has 7 nitrogen and oxygen atoms in total. The van der Waals surface area contributed by atoms with Crippen molar-refractivity contribution in [2.45, 2.75) is 46.5 Å². The fourth-order valence-corrected chi connectivity index (χ4v) is 2.98. The number of aromatic nitrogens is 3. The van der Waals surface area contributed by atoms with Crippen LogP contribution in [0.4, 0.5) is 18.9 Å². The van der Waals surface area contributed by atoms with Crippen LogP contribution in [0.3, 0.4) is 0 Å². The Labute approximate surface area is 165 Å². The summed E-state index contributed by atoms with van der Waals surface area (Å²) in [7, 11) is 0. The Morgan fingerprint density at radius 2 is 2.03 bits per heavy atom. The van der Waals surface area contributed by atoms with E-state index in [1.807, 2.05) is 9.88 Å². The molecular weight excluding hydrogens is 387 g/mol. The molecule has 0 aliphatic carbocycles. The largest absolute Gasteiger partial charge is 0.449 e. The molecule has 0 aromatic carbocycles. The Morgan fingerprint density at radius 1 is 1.31 bits per heavy atom. The van der Waals surface area contributed by atoms with E-state index in [2.05, 4.69) is 15.3 Å². The van der Waals surface area contributed by atoms with E-state index in [4.69, 9.17) is 0 Å². The first-order valence-electron chi connectivity index (χ1n) is 9.11. The Morgan fingerprint density at radius 3 is 2.69 bits per heavy atom. The number of anilines is 1. The molecule has 3 heterocycles. The van der Waals surface area contributed by atoms with Gasteiger partial charge in [0.05, 0.1) is 11.3 Å². The van der Waals surface area contributed by atoms with E-state index < -0.39 is 23.0 Å². The maximum Gasteiger partial charge on any atom is 0.449 e. The van der Waals surface area contributed by atoms with Crippen molar-refractivity contribution in [2.75, 3.05) is 11.9 Å². The molecule has 1 aliphatic heterocycles. The predicted octanol–water partition coefficient (Wildman–Crippen LogP) is 2.73. The summed E-state index contributed by atoms with van der Waals surface area (Å²) in [6.45, 7) is 6.39. The van der Waals surface area contributed by atoms with Crippen LogP contribution in [0.2, 0.25) is 0 Å². The second-order valence-corrected chi connectivity index (χ2v) is 8.04. The molecule has 156 valence electrons. The van der Waals surface area contributed by atoms with Gasteiger partial charge in [-0.1, -0.05) is 20.8 Å². The summed E-state index contributed by atoms with van der Waals surface area (Å²) in [5.74, 6) is -1.41. The highest BCUT2D eigenvalue weighted by molar-refractivity contribution is 5.95. The van der Waals surface area contributed by atoms with Crippen LogP contribution >= 0.6 is 0 Å². The number of fused-ring (bicyclic) bond motifs is 1. The van der Waals surface area contributed by atoms with E-state index in [0.29, 0.717) is 18.8 Å². The average Bonchev–Trinajstić information content (AvgIpc) is 2.62. The van der Waals surface area contributed by atoms with E-state index >= 15 is 0 Å². The lowest BCUT2D eigenvalue weighted by molar-refractivity contribution is -0.145. The molecule has 2 aromatic heterocycles. The minimum absolute atomic E-state index is 0.144. The van der Waals surface area contributed by atoms with E-state index in [-0.39, 0.29) is 30.1 Å². The van der Waals surface area contributed by atoms with Crippen molar-refractivity contribution in [3.63, 3.8) is 0 Å². The van der Waals surface area contributed by atoms with Crippen molar-refractivity contribution in [2.24, 2.45) is 5.41 Å². The van der Waals surface area contributed by atoms with Crippen LogP contribution < -0.4 is 10.9 Å². The number of nitrogens with zero attached hydrogens (tertiary/aromatic N) is 3. The first kappa shape index (κ1) is 21.0. The topological polar surface area (TPSA) is 91.0 Å². The molecule has 10 heteroatoms. The Balaban J connectivity index is 1.79. The van der Waals surface area contributed by atoms with Crippen LogP contribution in [-0.2, 0) is 30.5 Å². The molecule has 2 N–H and O–H groups in total. The van der Waals surface area contributed by atoms with Gasteiger partial charge in [-0.2, -0.15) is 13.2 Å². The van der Waals surface area contributed by atoms with Crippen molar-refractivity contribution in [1.82, 2.24) is 19.9 Å². The van der Waals surface area contributed by atoms with E-state index in [0.717, 1.165) is 5.56 Å². The zero-order chi connectivity index (χ0) is 21.4. The fraction of sp³-hybridized carbons (Fsp3) is 0.474. The number of carbonyl (C=O) groups is 1. The van der Waals surface area contributed by atoms with Gasteiger partial charge in [-0.25, -0.2) is 4.98 Å². The molecule has 0 bridgehead atoms. The van der Waals surface area contributed by atoms with Gasteiger partial charge in [-0.05, 0) is 6.07 Å². The molecule has 0 unspecified atom stereocenters. The highest BCUT2D eigenvalue weighted by atomic mass is 19.4. The zero-order valence-corrected chi connectivity index (χ0v) is 16.4. The first-order chi connectivity index (χ1) is 13.4. The normalized spacial score (nSPS) is 15.1. The van der Waals surface area contributed by atoms with Crippen LogP contribution in [0, 0.1) is 5.41 Å². The second-order valence-electron chi connectivity index (χ2n) is 8.04. The molecule has 0 atom stereocenters. The number of aromatic amines is 1. The van der Waals surface area contributed by atoms with Gasteiger partial charge in [-0.3, -0.25) is 19.5 Å². The monoisotopic (exact) mass is 409 g/mol. The number of amides is 1. The number of nitrogens with one attached hydrogen (secondary N) is 2. The molecule has 29 heavy (non-hydrogen) atoms. The lowest BCUT2D eigenvalue weighted by atomic mass is 9.95. The Kier molecular flexibility index (Phi) is 5.48. The van der Waals surface area contributed by atoms with E-state index in [9.17, 15) is 22.8 Å². The van der Waals surface area contributed by atoms with Crippen LogP contribution in [0.1, 0.15) is 43.4 Å². The van der Waals surface area contributed by atoms with Gasteiger partial charge in [0.2, 0.25) is 11.7 Å². The molecule has 1 amide bonds. The Bertz CT molecular complexity index is 979. The van der Waals surface area contributed by atoms with Crippen molar-refractivity contribution >= 4 is 11.6 Å². The highest BCUT2D eigenvalue weighted by Crippen LogP contribution is 2.27. The highest BCUT2D eigenvalue weighted by Gasteiger charge is 2.36. The molecule has 2 aromatic rings. The summed E-state index contributed by atoms with van der Waals surface area (Å²) < 4.78 is 38.6. The van der Waals surface area contributed by atoms with Crippen molar-refractivity contribution < 1.29 is 18.0 Å². The maximum absolute atomic E-state index is 12.9. The van der Waals surface area contributed by atoms with Crippen LogP contribution in [-0.4, -0.2) is 32.3 Å². The summed E-state index contributed by atoms with van der Waals surface area (Å²) in [4.78, 5) is 35.9. The SMILES string of the molecule is CC(C)(C)C(=O)Nc1ccncc1CN1CCc2nc(C(F)(F)F)[nH]c(=O)c2C1. The number of pyridine rings is 1.